The van der Waals surface area contributed by atoms with Crippen LogP contribution in [0, 0.1) is 25.2 Å². The van der Waals surface area contributed by atoms with Gasteiger partial charge in [-0.25, -0.2) is 0 Å². The molecule has 2 aromatic rings. The highest BCUT2D eigenvalue weighted by Gasteiger charge is 2.22. The summed E-state index contributed by atoms with van der Waals surface area (Å²) in [6.07, 6.45) is 1.02. The van der Waals surface area contributed by atoms with Crippen molar-refractivity contribution in [3.63, 3.8) is 0 Å². The molecule has 1 aromatic heterocycles. The van der Waals surface area contributed by atoms with Crippen LogP contribution in [0.15, 0.2) is 24.3 Å². The van der Waals surface area contributed by atoms with Gasteiger partial charge < -0.3 is 9.47 Å². The number of ether oxygens (including phenoxy) is 2. The monoisotopic (exact) mass is 409 g/mol. The molecular weight excluding hydrogens is 378 g/mol. The molecule has 6 nitrogen and oxygen atoms in total. The lowest BCUT2D eigenvalue weighted by molar-refractivity contribution is -0.151. The van der Waals surface area contributed by atoms with Crippen LogP contribution in [0.25, 0.3) is 11.3 Å². The predicted molar refractivity (Wildman–Crippen MR) is 117 cm³/mol. The maximum atomic E-state index is 11.7. The number of rotatable bonds is 7. The van der Waals surface area contributed by atoms with Crippen LogP contribution in [0.3, 0.4) is 0 Å². The molecule has 0 N–H and O–H groups in total. The van der Waals surface area contributed by atoms with Gasteiger partial charge in [-0.15, -0.1) is 0 Å². The molecule has 0 spiro atoms. The maximum absolute atomic E-state index is 11.7. The molecule has 0 aliphatic heterocycles. The van der Waals surface area contributed by atoms with E-state index in [0.717, 1.165) is 16.8 Å². The summed E-state index contributed by atoms with van der Waals surface area (Å²) in [5.41, 5.74) is 4.73. The number of esters is 1. The molecule has 0 amide bonds. The van der Waals surface area contributed by atoms with Crippen LogP contribution in [0.1, 0.15) is 68.6 Å². The number of carbonyl (C=O) groups excluding carboxylic acids is 1. The van der Waals surface area contributed by atoms with Crippen LogP contribution in [-0.4, -0.2) is 22.5 Å². The summed E-state index contributed by atoms with van der Waals surface area (Å²) in [6, 6.07) is 10.2. The Morgan fingerprint density at radius 2 is 1.80 bits per heavy atom. The van der Waals surface area contributed by atoms with Crippen molar-refractivity contribution < 1.29 is 14.3 Å². The number of nitrogens with zero attached hydrogens (tertiary/aromatic N) is 3. The average molecular weight is 410 g/mol. The van der Waals surface area contributed by atoms with Gasteiger partial charge in [0.15, 0.2) is 5.76 Å². The molecule has 0 atom stereocenters. The van der Waals surface area contributed by atoms with Gasteiger partial charge in [0.2, 0.25) is 6.79 Å². The first kappa shape index (κ1) is 23.2. The second-order valence-electron chi connectivity index (χ2n) is 8.35. The fraction of sp³-hybridized carbons (Fsp3) is 0.458. The molecule has 0 saturated heterocycles. The molecule has 0 radical (unpaired) electrons. The lowest BCUT2D eigenvalue weighted by Gasteiger charge is -2.19. The van der Waals surface area contributed by atoms with Crippen molar-refractivity contribution >= 4 is 17.3 Å². The van der Waals surface area contributed by atoms with E-state index in [4.69, 9.17) is 9.47 Å². The zero-order valence-electron chi connectivity index (χ0n) is 19.0. The standard InChI is InChI=1S/C24H31N3O3/c1-8-9-21(28)29-15-30-23(22-16(2)17(3)26-27(22)7)20(14-25)18-10-12-19(13-11-18)24(4,5)6/h10-13H,8-9,15H2,1-7H3/b23-20-. The molecule has 160 valence electrons. The van der Waals surface area contributed by atoms with Crippen molar-refractivity contribution in [3.8, 4) is 6.07 Å². The van der Waals surface area contributed by atoms with Gasteiger partial charge in [0.05, 0.1) is 5.69 Å². The first-order valence-electron chi connectivity index (χ1n) is 10.1. The number of carbonyl (C=O) groups is 1. The third-order valence-electron chi connectivity index (χ3n) is 4.99. The summed E-state index contributed by atoms with van der Waals surface area (Å²) in [5, 5.41) is 14.4. The molecule has 2 rings (SSSR count). The lowest BCUT2D eigenvalue weighted by atomic mass is 9.86. The minimum absolute atomic E-state index is 0.0115. The van der Waals surface area contributed by atoms with Gasteiger partial charge in [-0.2, -0.15) is 10.4 Å². The second-order valence-corrected chi connectivity index (χ2v) is 8.35. The van der Waals surface area contributed by atoms with Crippen LogP contribution in [-0.2, 0) is 26.7 Å². The highest BCUT2D eigenvalue weighted by atomic mass is 16.7. The molecule has 6 heteroatoms. The van der Waals surface area contributed by atoms with Crippen LogP contribution in [0.5, 0.6) is 0 Å². The lowest BCUT2D eigenvalue weighted by Crippen LogP contribution is -2.11. The van der Waals surface area contributed by atoms with Gasteiger partial charge in [-0.05, 0) is 36.8 Å². The molecular formula is C24H31N3O3. The van der Waals surface area contributed by atoms with Crippen molar-refractivity contribution in [1.82, 2.24) is 9.78 Å². The van der Waals surface area contributed by atoms with E-state index in [2.05, 4.69) is 31.9 Å². The summed E-state index contributed by atoms with van der Waals surface area (Å²) in [6.45, 7) is 11.9. The van der Waals surface area contributed by atoms with E-state index < -0.39 is 0 Å². The first-order chi connectivity index (χ1) is 14.1. The minimum Gasteiger partial charge on any atom is -0.454 e. The number of hydrogen-bond acceptors (Lipinski definition) is 5. The van der Waals surface area contributed by atoms with Gasteiger partial charge in [-0.3, -0.25) is 9.48 Å². The van der Waals surface area contributed by atoms with Crippen LogP contribution in [0.2, 0.25) is 0 Å². The van der Waals surface area contributed by atoms with E-state index in [9.17, 15) is 10.1 Å². The van der Waals surface area contributed by atoms with Crippen molar-refractivity contribution in [1.29, 1.82) is 5.26 Å². The molecule has 0 aliphatic carbocycles. The normalized spacial score (nSPS) is 12.2. The molecule has 0 fully saturated rings. The van der Waals surface area contributed by atoms with E-state index in [1.807, 2.05) is 45.0 Å². The topological polar surface area (TPSA) is 77.1 Å². The number of hydrogen-bond donors (Lipinski definition) is 0. The van der Waals surface area contributed by atoms with E-state index in [1.54, 1.807) is 11.7 Å². The maximum Gasteiger partial charge on any atom is 0.308 e. The summed E-state index contributed by atoms with van der Waals surface area (Å²) in [7, 11) is 1.81. The number of aromatic nitrogens is 2. The third-order valence-corrected chi connectivity index (χ3v) is 4.99. The van der Waals surface area contributed by atoms with Crippen LogP contribution < -0.4 is 0 Å². The Labute approximate surface area is 179 Å². The van der Waals surface area contributed by atoms with E-state index in [0.29, 0.717) is 29.9 Å². The molecule has 0 saturated carbocycles. The third kappa shape index (κ3) is 5.29. The Balaban J connectivity index is 2.52. The van der Waals surface area contributed by atoms with E-state index in [1.165, 1.54) is 5.56 Å². The second kappa shape index (κ2) is 9.62. The Morgan fingerprint density at radius 1 is 1.17 bits per heavy atom. The van der Waals surface area contributed by atoms with Gasteiger partial charge >= 0.3 is 5.97 Å². The molecule has 0 unspecified atom stereocenters. The zero-order valence-corrected chi connectivity index (χ0v) is 19.0. The fourth-order valence-electron chi connectivity index (χ4n) is 3.15. The predicted octanol–water partition coefficient (Wildman–Crippen LogP) is 5.04. The highest BCUT2D eigenvalue weighted by Crippen LogP contribution is 2.31. The quantitative estimate of drug-likeness (QED) is 0.277. The number of benzene rings is 1. The Hall–Kier alpha value is -3.07. The zero-order chi connectivity index (χ0) is 22.5. The Kier molecular flexibility index (Phi) is 7.44. The van der Waals surface area contributed by atoms with Crippen molar-refractivity contribution in [3.05, 3.63) is 52.3 Å². The first-order valence-corrected chi connectivity index (χ1v) is 10.1. The number of aryl methyl sites for hydroxylation is 2. The van der Waals surface area contributed by atoms with Gasteiger partial charge in [-0.1, -0.05) is 52.0 Å². The minimum atomic E-state index is -0.331. The summed E-state index contributed by atoms with van der Waals surface area (Å²) >= 11 is 0. The average Bonchev–Trinajstić information content (AvgIpc) is 2.93. The van der Waals surface area contributed by atoms with Crippen LogP contribution >= 0.6 is 0 Å². The fourth-order valence-corrected chi connectivity index (χ4v) is 3.15. The van der Waals surface area contributed by atoms with Gasteiger partial charge in [0, 0.05) is 19.0 Å². The smallest absolute Gasteiger partial charge is 0.308 e. The van der Waals surface area contributed by atoms with E-state index in [-0.39, 0.29) is 18.2 Å². The van der Waals surface area contributed by atoms with Gasteiger partial charge in [0.25, 0.3) is 0 Å². The molecule has 0 aliphatic rings. The van der Waals surface area contributed by atoms with Gasteiger partial charge in [0.1, 0.15) is 17.3 Å². The Bertz CT molecular complexity index is 971. The summed E-state index contributed by atoms with van der Waals surface area (Å²) < 4.78 is 12.7. The SMILES string of the molecule is CCCC(=O)OCO/C(=C(/C#N)c1ccc(C(C)(C)C)cc1)c1c(C)c(C)nn1C. The van der Waals surface area contributed by atoms with Crippen molar-refractivity contribution in [2.45, 2.75) is 59.8 Å². The highest BCUT2D eigenvalue weighted by molar-refractivity contribution is 5.94. The summed E-state index contributed by atoms with van der Waals surface area (Å²) in [4.78, 5) is 11.7. The Morgan fingerprint density at radius 3 is 2.27 bits per heavy atom. The molecule has 1 aromatic carbocycles. The number of nitriles is 1. The number of allylic oxidation sites excluding steroid dienone is 1. The molecule has 30 heavy (non-hydrogen) atoms. The largest absolute Gasteiger partial charge is 0.454 e. The van der Waals surface area contributed by atoms with E-state index >= 15 is 0 Å². The molecule has 1 heterocycles. The van der Waals surface area contributed by atoms with Crippen molar-refractivity contribution in [2.75, 3.05) is 6.79 Å². The molecule has 0 bridgehead atoms. The summed E-state index contributed by atoms with van der Waals surface area (Å²) in [5.74, 6) is 0.0219. The van der Waals surface area contributed by atoms with Crippen molar-refractivity contribution in [2.24, 2.45) is 7.05 Å². The van der Waals surface area contributed by atoms with Crippen LogP contribution in [0.4, 0.5) is 0 Å².